The van der Waals surface area contributed by atoms with Gasteiger partial charge >= 0.3 is 5.97 Å². The Bertz CT molecular complexity index is 1150. The van der Waals surface area contributed by atoms with E-state index >= 15 is 0 Å². The van der Waals surface area contributed by atoms with Gasteiger partial charge in [-0.2, -0.15) is 5.10 Å². The van der Waals surface area contributed by atoms with Crippen LogP contribution in [0.3, 0.4) is 0 Å². The number of aromatic nitrogens is 4. The molecule has 0 aliphatic rings. The number of benzene rings is 2. The first-order valence-corrected chi connectivity index (χ1v) is 9.28. The molecule has 0 saturated heterocycles. The van der Waals surface area contributed by atoms with Crippen LogP contribution in [0.1, 0.15) is 27.6 Å². The van der Waals surface area contributed by atoms with Crippen molar-refractivity contribution in [1.29, 1.82) is 0 Å². The van der Waals surface area contributed by atoms with Crippen LogP contribution in [0.15, 0.2) is 59.0 Å². The molecular formula is C21H17ClN4O3. The van der Waals surface area contributed by atoms with Crippen molar-refractivity contribution in [3.63, 3.8) is 0 Å². The second-order valence-electron chi connectivity index (χ2n) is 6.39. The predicted octanol–water partition coefficient (Wildman–Crippen LogP) is 4.55. The van der Waals surface area contributed by atoms with Gasteiger partial charge in [0.05, 0.1) is 27.7 Å². The molecule has 0 amide bonds. The number of rotatable bonds is 5. The standard InChI is InChI=1S/C21H17ClN4O3/c1-13-19(22)14(2)26(25-13)17-10-8-16(9-11-17)21(27)28-12-18-23-24-20(29-18)15-6-4-3-5-7-15/h3-11H,12H2,1-2H3. The zero-order chi connectivity index (χ0) is 20.4. The third-order valence-electron chi connectivity index (χ3n) is 4.36. The lowest BCUT2D eigenvalue weighted by molar-refractivity contribution is 0.0438. The second-order valence-corrected chi connectivity index (χ2v) is 6.76. The smallest absolute Gasteiger partial charge is 0.338 e. The van der Waals surface area contributed by atoms with Crippen molar-refractivity contribution in [3.8, 4) is 17.1 Å². The molecule has 0 saturated carbocycles. The van der Waals surface area contributed by atoms with E-state index in [9.17, 15) is 4.79 Å². The van der Waals surface area contributed by atoms with Crippen molar-refractivity contribution in [2.45, 2.75) is 20.5 Å². The lowest BCUT2D eigenvalue weighted by Gasteiger charge is -2.06. The van der Waals surface area contributed by atoms with Crippen LogP contribution >= 0.6 is 11.6 Å². The van der Waals surface area contributed by atoms with E-state index in [0.717, 1.165) is 22.6 Å². The molecule has 0 aliphatic carbocycles. The van der Waals surface area contributed by atoms with Gasteiger partial charge in [-0.1, -0.05) is 29.8 Å². The summed E-state index contributed by atoms with van der Waals surface area (Å²) >= 11 is 6.19. The molecule has 2 aromatic heterocycles. The molecule has 0 bridgehead atoms. The van der Waals surface area contributed by atoms with E-state index in [1.807, 2.05) is 44.2 Å². The molecule has 7 nitrogen and oxygen atoms in total. The Morgan fingerprint density at radius 2 is 1.79 bits per heavy atom. The summed E-state index contributed by atoms with van der Waals surface area (Å²) in [6.45, 7) is 3.63. The van der Waals surface area contributed by atoms with Gasteiger partial charge in [-0.3, -0.25) is 0 Å². The molecule has 29 heavy (non-hydrogen) atoms. The highest BCUT2D eigenvalue weighted by atomic mass is 35.5. The molecule has 2 heterocycles. The van der Waals surface area contributed by atoms with E-state index in [1.54, 1.807) is 28.9 Å². The predicted molar refractivity (Wildman–Crippen MR) is 107 cm³/mol. The van der Waals surface area contributed by atoms with Gasteiger partial charge in [0.15, 0.2) is 6.61 Å². The van der Waals surface area contributed by atoms with Crippen LogP contribution in [0.2, 0.25) is 5.02 Å². The number of carbonyl (C=O) groups excluding carboxylic acids is 1. The first-order chi connectivity index (χ1) is 14.0. The monoisotopic (exact) mass is 408 g/mol. The number of halogens is 1. The van der Waals surface area contributed by atoms with Crippen LogP contribution in [0.25, 0.3) is 17.1 Å². The van der Waals surface area contributed by atoms with Gasteiger partial charge in [-0.25, -0.2) is 9.48 Å². The molecule has 0 unspecified atom stereocenters. The molecule has 8 heteroatoms. The third kappa shape index (κ3) is 3.90. The summed E-state index contributed by atoms with van der Waals surface area (Å²) in [7, 11) is 0. The molecule has 0 radical (unpaired) electrons. The molecule has 4 aromatic rings. The molecule has 2 aromatic carbocycles. The second kappa shape index (κ2) is 7.89. The van der Waals surface area contributed by atoms with Crippen LogP contribution in [0.5, 0.6) is 0 Å². The Balaban J connectivity index is 1.41. The molecular weight excluding hydrogens is 392 g/mol. The number of hydrogen-bond donors (Lipinski definition) is 0. The molecule has 0 atom stereocenters. The minimum absolute atomic E-state index is 0.104. The SMILES string of the molecule is Cc1nn(-c2ccc(C(=O)OCc3nnc(-c4ccccc4)o3)cc2)c(C)c1Cl. The fourth-order valence-electron chi connectivity index (χ4n) is 2.83. The normalized spacial score (nSPS) is 10.9. The fraction of sp³-hybridized carbons (Fsp3) is 0.143. The van der Waals surface area contributed by atoms with Crippen molar-refractivity contribution in [1.82, 2.24) is 20.0 Å². The Kier molecular flexibility index (Phi) is 5.14. The molecule has 0 N–H and O–H groups in total. The highest BCUT2D eigenvalue weighted by Crippen LogP contribution is 2.23. The number of carbonyl (C=O) groups is 1. The summed E-state index contributed by atoms with van der Waals surface area (Å²) in [4.78, 5) is 12.3. The summed E-state index contributed by atoms with van der Waals surface area (Å²) in [6.07, 6.45) is 0. The summed E-state index contributed by atoms with van der Waals surface area (Å²) in [5.41, 5.74) is 3.60. The first-order valence-electron chi connectivity index (χ1n) is 8.90. The average Bonchev–Trinajstić information content (AvgIpc) is 3.33. The third-order valence-corrected chi connectivity index (χ3v) is 4.91. The number of hydrogen-bond acceptors (Lipinski definition) is 6. The van der Waals surface area contributed by atoms with Gasteiger partial charge < -0.3 is 9.15 Å². The largest absolute Gasteiger partial charge is 0.452 e. The fourth-order valence-corrected chi connectivity index (χ4v) is 2.95. The number of aryl methyl sites for hydroxylation is 1. The maximum atomic E-state index is 12.3. The van der Waals surface area contributed by atoms with E-state index in [4.69, 9.17) is 20.8 Å². The summed E-state index contributed by atoms with van der Waals surface area (Å²) in [6, 6.07) is 16.3. The van der Waals surface area contributed by atoms with E-state index in [0.29, 0.717) is 16.5 Å². The molecule has 146 valence electrons. The summed E-state index contributed by atoms with van der Waals surface area (Å²) in [5.74, 6) is 0.123. The molecule has 0 spiro atoms. The minimum atomic E-state index is -0.484. The summed E-state index contributed by atoms with van der Waals surface area (Å²) < 4.78 is 12.5. The van der Waals surface area contributed by atoms with Crippen LogP contribution in [0, 0.1) is 13.8 Å². The van der Waals surface area contributed by atoms with Crippen molar-refractivity contribution < 1.29 is 13.9 Å². The number of ether oxygens (including phenoxy) is 1. The first kappa shape index (κ1) is 18.9. The highest BCUT2D eigenvalue weighted by Gasteiger charge is 2.14. The number of nitrogens with zero attached hydrogens (tertiary/aromatic N) is 4. The summed E-state index contributed by atoms with van der Waals surface area (Å²) in [5, 5.41) is 12.9. The van der Waals surface area contributed by atoms with Crippen LogP contribution in [0.4, 0.5) is 0 Å². The Morgan fingerprint density at radius 1 is 1.07 bits per heavy atom. The van der Waals surface area contributed by atoms with E-state index < -0.39 is 5.97 Å². The lowest BCUT2D eigenvalue weighted by atomic mass is 10.2. The Hall–Kier alpha value is -3.45. The van der Waals surface area contributed by atoms with Crippen molar-refractivity contribution in [2.24, 2.45) is 0 Å². The van der Waals surface area contributed by atoms with Gasteiger partial charge in [-0.05, 0) is 50.2 Å². The number of esters is 1. The quantitative estimate of drug-likeness (QED) is 0.450. The minimum Gasteiger partial charge on any atom is -0.452 e. The topological polar surface area (TPSA) is 83.0 Å². The van der Waals surface area contributed by atoms with E-state index in [1.165, 1.54) is 0 Å². The maximum absolute atomic E-state index is 12.3. The maximum Gasteiger partial charge on any atom is 0.338 e. The van der Waals surface area contributed by atoms with Gasteiger partial charge in [0.25, 0.3) is 5.89 Å². The van der Waals surface area contributed by atoms with Crippen molar-refractivity contribution in [3.05, 3.63) is 82.5 Å². The van der Waals surface area contributed by atoms with E-state index in [-0.39, 0.29) is 12.5 Å². The van der Waals surface area contributed by atoms with Crippen molar-refractivity contribution >= 4 is 17.6 Å². The highest BCUT2D eigenvalue weighted by molar-refractivity contribution is 6.31. The van der Waals surface area contributed by atoms with Gasteiger partial charge in [-0.15, -0.1) is 10.2 Å². The zero-order valence-corrected chi connectivity index (χ0v) is 16.6. The van der Waals surface area contributed by atoms with Crippen molar-refractivity contribution in [2.75, 3.05) is 0 Å². The van der Waals surface area contributed by atoms with E-state index in [2.05, 4.69) is 15.3 Å². The Labute approximate surface area is 171 Å². The lowest BCUT2D eigenvalue weighted by Crippen LogP contribution is -2.06. The van der Waals surface area contributed by atoms with Crippen LogP contribution in [-0.2, 0) is 11.3 Å². The molecule has 0 aliphatic heterocycles. The van der Waals surface area contributed by atoms with Gasteiger partial charge in [0.1, 0.15) is 0 Å². The Morgan fingerprint density at radius 3 is 2.45 bits per heavy atom. The molecule has 4 rings (SSSR count). The average molecular weight is 409 g/mol. The molecule has 0 fully saturated rings. The van der Waals surface area contributed by atoms with Crippen LogP contribution < -0.4 is 0 Å². The van der Waals surface area contributed by atoms with Gasteiger partial charge in [0.2, 0.25) is 5.89 Å². The van der Waals surface area contributed by atoms with Crippen LogP contribution in [-0.4, -0.2) is 25.9 Å². The zero-order valence-electron chi connectivity index (χ0n) is 15.8. The van der Waals surface area contributed by atoms with Gasteiger partial charge in [0, 0.05) is 5.56 Å².